The van der Waals surface area contributed by atoms with E-state index in [0.29, 0.717) is 41.2 Å². The zero-order valence-electron chi connectivity index (χ0n) is 17.7. The summed E-state index contributed by atoms with van der Waals surface area (Å²) in [5.74, 6) is 1.32. The Labute approximate surface area is 164 Å². The molecule has 28 heavy (non-hydrogen) atoms. The molecule has 10 heteroatoms. The number of nitrogens with one attached hydrogen (secondary N) is 1. The number of hydrogen-bond acceptors (Lipinski definition) is 10. The first kappa shape index (κ1) is 13.6. The predicted octanol–water partition coefficient (Wildman–Crippen LogP) is 1.69. The molecular weight excluding hydrogens is 360 g/mol. The summed E-state index contributed by atoms with van der Waals surface area (Å²) in [5, 5.41) is 10.7. The van der Waals surface area contributed by atoms with E-state index in [1.54, 1.807) is 12.3 Å². The summed E-state index contributed by atoms with van der Waals surface area (Å²) in [7, 11) is 0. The lowest BCUT2D eigenvalue weighted by atomic mass is 10.1. The van der Waals surface area contributed by atoms with Crippen LogP contribution in [0.2, 0.25) is 0 Å². The van der Waals surface area contributed by atoms with Gasteiger partial charge in [0.1, 0.15) is 22.7 Å². The summed E-state index contributed by atoms with van der Waals surface area (Å²) in [6.07, 6.45) is 3.13. The summed E-state index contributed by atoms with van der Waals surface area (Å²) < 4.78 is 33.7. The first-order valence-corrected chi connectivity index (χ1v) is 8.67. The number of rotatable bonds is 3. The highest BCUT2D eigenvalue weighted by Crippen LogP contribution is 2.32. The number of oxazole rings is 1. The molecule has 4 aromatic rings. The molecule has 0 radical (unpaired) electrons. The van der Waals surface area contributed by atoms with Gasteiger partial charge < -0.3 is 25.1 Å². The summed E-state index contributed by atoms with van der Waals surface area (Å²) in [6, 6.07) is 3.42. The molecule has 1 saturated heterocycles. The minimum absolute atomic E-state index is 0.0682. The molecule has 5 heterocycles. The molecule has 0 saturated carbocycles. The van der Waals surface area contributed by atoms with Gasteiger partial charge in [-0.05, 0) is 6.07 Å². The third-order valence-corrected chi connectivity index (χ3v) is 4.59. The topological polar surface area (TPSA) is 128 Å². The molecule has 0 bridgehead atoms. The van der Waals surface area contributed by atoms with Crippen molar-refractivity contribution in [2.45, 2.75) is 0 Å². The summed E-state index contributed by atoms with van der Waals surface area (Å²) >= 11 is 0. The summed E-state index contributed by atoms with van der Waals surface area (Å²) in [5.41, 5.74) is 7.73. The normalized spacial score (nSPS) is 16.7. The molecule has 1 aliphatic rings. The second kappa shape index (κ2) is 6.57. The van der Waals surface area contributed by atoms with E-state index in [2.05, 4.69) is 35.4 Å². The van der Waals surface area contributed by atoms with Crippen LogP contribution in [-0.4, -0.2) is 58.4 Å². The lowest BCUT2D eigenvalue weighted by Crippen LogP contribution is -2.36. The largest absolute Gasteiger partial charge is 0.436 e. The second-order valence-electron chi connectivity index (χ2n) is 6.31. The fourth-order valence-corrected chi connectivity index (χ4v) is 3.21. The lowest BCUT2D eigenvalue weighted by Gasteiger charge is -2.27. The van der Waals surface area contributed by atoms with Crippen molar-refractivity contribution in [2.24, 2.45) is 0 Å². The van der Waals surface area contributed by atoms with Gasteiger partial charge in [0, 0.05) is 41.8 Å². The Balaban J connectivity index is 1.60. The van der Waals surface area contributed by atoms with Crippen LogP contribution in [0.15, 0.2) is 28.9 Å². The smallest absolute Gasteiger partial charge is 0.229 e. The van der Waals surface area contributed by atoms with Gasteiger partial charge in [-0.1, -0.05) is 0 Å². The van der Waals surface area contributed by atoms with E-state index in [0.717, 1.165) is 18.9 Å². The van der Waals surface area contributed by atoms with Gasteiger partial charge in [0.05, 0.1) is 25.0 Å². The van der Waals surface area contributed by atoms with Gasteiger partial charge in [0.2, 0.25) is 5.89 Å². The fourth-order valence-electron chi connectivity index (χ4n) is 3.21. The van der Waals surface area contributed by atoms with Crippen LogP contribution in [0.25, 0.3) is 33.5 Å². The van der Waals surface area contributed by atoms with Gasteiger partial charge in [-0.2, -0.15) is 0 Å². The Morgan fingerprint density at radius 1 is 1.18 bits per heavy atom. The molecular formula is C18H18N8O2. The van der Waals surface area contributed by atoms with E-state index in [1.807, 2.05) is 6.07 Å². The average molecular weight is 381 g/mol. The van der Waals surface area contributed by atoms with Crippen LogP contribution >= 0.6 is 0 Å². The van der Waals surface area contributed by atoms with E-state index in [-0.39, 0.29) is 17.2 Å². The highest BCUT2D eigenvalue weighted by molar-refractivity contribution is 5.99. The number of nitrogens with zero attached hydrogens (tertiary/aromatic N) is 6. The number of nitrogens with two attached hydrogens (primary N) is 1. The predicted molar refractivity (Wildman–Crippen MR) is 105 cm³/mol. The molecule has 3 N–H and O–H groups in total. The highest BCUT2D eigenvalue weighted by atomic mass is 16.5. The zero-order chi connectivity index (χ0) is 21.6. The first-order chi connectivity index (χ1) is 14.9. The van der Waals surface area contributed by atoms with Gasteiger partial charge in [-0.15, -0.1) is 10.2 Å². The summed E-state index contributed by atoms with van der Waals surface area (Å²) in [6.45, 7) is 0.369. The Morgan fingerprint density at radius 3 is 2.93 bits per heavy atom. The van der Waals surface area contributed by atoms with Crippen LogP contribution in [0, 0.1) is 0 Å². The van der Waals surface area contributed by atoms with Crippen LogP contribution in [0.5, 0.6) is 0 Å². The maximum atomic E-state index is 7.44. The SMILES string of the molecule is [2H]C([2H])([2H])Nc1ncc(-c2nc3cnc(N4CCOCC4)cc3o2)c2cc(N)nnc12. The van der Waals surface area contributed by atoms with Gasteiger partial charge in [-0.25, -0.2) is 15.0 Å². The van der Waals surface area contributed by atoms with Crippen molar-refractivity contribution in [3.05, 3.63) is 24.5 Å². The van der Waals surface area contributed by atoms with E-state index < -0.39 is 6.98 Å². The molecule has 5 rings (SSSR count). The number of pyridine rings is 2. The molecule has 0 aromatic carbocycles. The molecule has 4 aromatic heterocycles. The van der Waals surface area contributed by atoms with Crippen molar-refractivity contribution in [2.75, 3.05) is 49.2 Å². The Hall–Kier alpha value is -3.53. The monoisotopic (exact) mass is 381 g/mol. The third-order valence-electron chi connectivity index (χ3n) is 4.59. The Kier molecular flexibility index (Phi) is 3.19. The van der Waals surface area contributed by atoms with Crippen LogP contribution in [0.4, 0.5) is 17.5 Å². The van der Waals surface area contributed by atoms with Crippen molar-refractivity contribution in [1.82, 2.24) is 25.1 Å². The number of nitrogen functional groups attached to an aromatic ring is 1. The third kappa shape index (κ3) is 2.74. The van der Waals surface area contributed by atoms with Crippen LogP contribution in [-0.2, 0) is 4.74 Å². The van der Waals surface area contributed by atoms with Crippen molar-refractivity contribution < 1.29 is 13.3 Å². The number of aromatic nitrogens is 5. The lowest BCUT2D eigenvalue weighted by molar-refractivity contribution is 0.122. The Morgan fingerprint density at radius 2 is 2.07 bits per heavy atom. The van der Waals surface area contributed by atoms with E-state index in [1.165, 1.54) is 6.20 Å². The van der Waals surface area contributed by atoms with Gasteiger partial charge in [0.15, 0.2) is 11.4 Å². The van der Waals surface area contributed by atoms with Gasteiger partial charge in [0.25, 0.3) is 0 Å². The van der Waals surface area contributed by atoms with Crippen molar-refractivity contribution in [1.29, 1.82) is 0 Å². The molecule has 0 unspecified atom stereocenters. The van der Waals surface area contributed by atoms with E-state index in [9.17, 15) is 0 Å². The van der Waals surface area contributed by atoms with Gasteiger partial charge >= 0.3 is 0 Å². The van der Waals surface area contributed by atoms with Crippen molar-refractivity contribution in [3.8, 4) is 11.5 Å². The van der Waals surface area contributed by atoms with Crippen LogP contribution in [0.3, 0.4) is 0 Å². The summed E-state index contributed by atoms with van der Waals surface area (Å²) in [4.78, 5) is 15.3. The maximum absolute atomic E-state index is 7.44. The van der Waals surface area contributed by atoms with Crippen molar-refractivity contribution >= 4 is 39.5 Å². The number of fused-ring (bicyclic) bond motifs is 2. The fraction of sp³-hybridized carbons (Fsp3) is 0.278. The van der Waals surface area contributed by atoms with Crippen molar-refractivity contribution in [3.63, 3.8) is 0 Å². The highest BCUT2D eigenvalue weighted by Gasteiger charge is 2.18. The molecule has 0 atom stereocenters. The van der Waals surface area contributed by atoms with Crippen LogP contribution < -0.4 is 16.0 Å². The number of hydrogen-bond donors (Lipinski definition) is 2. The molecule has 0 aliphatic carbocycles. The maximum Gasteiger partial charge on any atom is 0.229 e. The van der Waals surface area contributed by atoms with E-state index >= 15 is 0 Å². The Bertz CT molecular complexity index is 1270. The minimum Gasteiger partial charge on any atom is -0.436 e. The molecule has 10 nitrogen and oxygen atoms in total. The van der Waals surface area contributed by atoms with Crippen LogP contribution in [0.1, 0.15) is 4.11 Å². The van der Waals surface area contributed by atoms with Gasteiger partial charge in [-0.3, -0.25) is 0 Å². The average Bonchev–Trinajstić information content (AvgIpc) is 3.16. The number of anilines is 3. The first-order valence-electron chi connectivity index (χ1n) is 10.2. The molecule has 1 fully saturated rings. The number of morpholine rings is 1. The number of ether oxygens (including phenoxy) is 1. The minimum atomic E-state index is -2.44. The standard InChI is InChI=1S/C18H18N8O2/c1-20-17-16-10(6-14(19)24-25-16)11(8-22-17)18-23-12-9-21-15(7-13(12)28-18)26-2-4-27-5-3-26/h6-9H,2-5H2,1H3,(H2,19,24)(H,20,22)/i1D3. The quantitative estimate of drug-likeness (QED) is 0.541. The molecule has 0 amide bonds. The molecule has 142 valence electrons. The van der Waals surface area contributed by atoms with E-state index in [4.69, 9.17) is 19.0 Å². The second-order valence-corrected chi connectivity index (χ2v) is 6.31. The molecule has 1 aliphatic heterocycles. The zero-order valence-corrected chi connectivity index (χ0v) is 14.7. The molecule has 0 spiro atoms.